The second-order valence-corrected chi connectivity index (χ2v) is 12.0. The number of carbonyl (C=O) groups excluding carboxylic acids is 1. The van der Waals surface area contributed by atoms with Crippen LogP contribution in [0.25, 0.3) is 0 Å². The van der Waals surface area contributed by atoms with Crippen LogP contribution in [0.2, 0.25) is 0 Å². The fourth-order valence-electron chi connectivity index (χ4n) is 3.88. The van der Waals surface area contributed by atoms with Crippen molar-refractivity contribution in [3.63, 3.8) is 0 Å². The number of sulfonamides is 1. The van der Waals surface area contributed by atoms with E-state index in [-0.39, 0.29) is 17.9 Å². The first-order valence-electron chi connectivity index (χ1n) is 12.0. The molecule has 0 aromatic heterocycles. The molecule has 3 aromatic rings. The third kappa shape index (κ3) is 7.34. The molecule has 36 heavy (non-hydrogen) atoms. The van der Waals surface area contributed by atoms with Crippen molar-refractivity contribution in [3.8, 4) is 5.75 Å². The van der Waals surface area contributed by atoms with E-state index >= 15 is 0 Å². The highest BCUT2D eigenvalue weighted by atomic mass is 32.2. The van der Waals surface area contributed by atoms with Gasteiger partial charge in [-0.15, -0.1) is 0 Å². The van der Waals surface area contributed by atoms with Crippen LogP contribution in [-0.4, -0.2) is 33.7 Å². The van der Waals surface area contributed by atoms with Crippen LogP contribution < -0.4 is 14.4 Å². The lowest BCUT2D eigenvalue weighted by atomic mass is 9.87. The Balaban J connectivity index is 1.56. The van der Waals surface area contributed by atoms with Crippen molar-refractivity contribution >= 4 is 21.6 Å². The molecule has 0 saturated heterocycles. The number of hydrogen-bond donors (Lipinski definition) is 1. The van der Waals surface area contributed by atoms with E-state index in [2.05, 4.69) is 38.2 Å². The number of nitrogens with zero attached hydrogens (tertiary/aromatic N) is 1. The zero-order valence-corrected chi connectivity index (χ0v) is 22.8. The molecule has 0 aliphatic carbocycles. The highest BCUT2D eigenvalue weighted by Gasteiger charge is 2.20. The summed E-state index contributed by atoms with van der Waals surface area (Å²) in [5, 5.41) is 2.86. The molecule has 0 aliphatic heterocycles. The first kappa shape index (κ1) is 27.3. The number of benzene rings is 3. The summed E-state index contributed by atoms with van der Waals surface area (Å²) in [4.78, 5) is 12.5. The van der Waals surface area contributed by atoms with Crippen LogP contribution in [-0.2, 0) is 22.0 Å². The zero-order chi connectivity index (χ0) is 26.5. The van der Waals surface area contributed by atoms with Crippen LogP contribution in [0.3, 0.4) is 0 Å². The van der Waals surface area contributed by atoms with E-state index in [0.717, 1.165) is 22.4 Å². The molecule has 0 atom stereocenters. The Morgan fingerprint density at radius 2 is 1.58 bits per heavy atom. The van der Waals surface area contributed by atoms with Crippen LogP contribution >= 0.6 is 0 Å². The molecule has 6 nitrogen and oxygen atoms in total. The average molecular weight is 509 g/mol. The number of hydrogen-bond acceptors (Lipinski definition) is 4. The van der Waals surface area contributed by atoms with Crippen molar-refractivity contribution in [2.45, 2.75) is 46.6 Å². The lowest BCUT2D eigenvalue weighted by molar-refractivity contribution is 0.0947. The van der Waals surface area contributed by atoms with Gasteiger partial charge in [-0.05, 0) is 66.3 Å². The summed E-state index contributed by atoms with van der Waals surface area (Å²) in [6.07, 6.45) is 1.20. The van der Waals surface area contributed by atoms with Gasteiger partial charge >= 0.3 is 0 Å². The quantitative estimate of drug-likeness (QED) is 0.394. The standard InChI is InChI=1S/C29H36N2O4S/c1-21-7-16-27(22(2)19-21)31(36(6,33)34)20-23-8-10-24(11-9-23)28(32)30-17-18-35-26-14-12-25(13-15-26)29(3,4)5/h7-16,19H,17-18,20H2,1-6H3,(H,30,32). The molecule has 0 heterocycles. The largest absolute Gasteiger partial charge is 0.492 e. The Kier molecular flexibility index (Phi) is 8.46. The summed E-state index contributed by atoms with van der Waals surface area (Å²) in [5.41, 5.74) is 5.24. The molecule has 1 N–H and O–H groups in total. The Bertz CT molecular complexity index is 1290. The molecule has 192 valence electrons. The first-order valence-corrected chi connectivity index (χ1v) is 13.8. The van der Waals surface area contributed by atoms with Crippen LogP contribution in [0.1, 0.15) is 53.4 Å². The van der Waals surface area contributed by atoms with E-state index in [0.29, 0.717) is 24.4 Å². The van der Waals surface area contributed by atoms with E-state index < -0.39 is 10.0 Å². The third-order valence-corrected chi connectivity index (χ3v) is 7.07. The molecule has 1 amide bonds. The summed E-state index contributed by atoms with van der Waals surface area (Å²) in [6, 6.07) is 20.7. The van der Waals surface area contributed by atoms with Crippen molar-refractivity contribution < 1.29 is 17.9 Å². The second kappa shape index (κ2) is 11.2. The minimum atomic E-state index is -3.49. The van der Waals surface area contributed by atoms with Gasteiger partial charge in [-0.1, -0.05) is 62.7 Å². The topological polar surface area (TPSA) is 75.7 Å². The average Bonchev–Trinajstić information content (AvgIpc) is 2.80. The Morgan fingerprint density at radius 1 is 0.944 bits per heavy atom. The van der Waals surface area contributed by atoms with Crippen LogP contribution in [0.4, 0.5) is 5.69 Å². The SMILES string of the molecule is Cc1ccc(N(Cc2ccc(C(=O)NCCOc3ccc(C(C)(C)C)cc3)cc2)S(C)(=O)=O)c(C)c1. The minimum Gasteiger partial charge on any atom is -0.492 e. The molecule has 0 bridgehead atoms. The van der Waals surface area contributed by atoms with Crippen LogP contribution in [0.15, 0.2) is 66.7 Å². The summed E-state index contributed by atoms with van der Waals surface area (Å²) in [7, 11) is -3.49. The van der Waals surface area contributed by atoms with Crippen LogP contribution in [0.5, 0.6) is 5.75 Å². The number of nitrogens with one attached hydrogen (secondary N) is 1. The predicted molar refractivity (Wildman–Crippen MR) is 146 cm³/mol. The van der Waals surface area contributed by atoms with Crippen molar-refractivity contribution in [1.82, 2.24) is 5.32 Å². The summed E-state index contributed by atoms with van der Waals surface area (Å²) >= 11 is 0. The Hall–Kier alpha value is -3.32. The summed E-state index contributed by atoms with van der Waals surface area (Å²) in [5.74, 6) is 0.559. The predicted octanol–water partition coefficient (Wildman–Crippen LogP) is 5.38. The number of anilines is 1. The minimum absolute atomic E-state index is 0.0880. The Labute approximate surface area is 215 Å². The molecule has 0 fully saturated rings. The summed E-state index contributed by atoms with van der Waals surface area (Å²) in [6.45, 7) is 11.3. The normalized spacial score (nSPS) is 11.7. The maximum absolute atomic E-state index is 12.5. The van der Waals surface area contributed by atoms with Gasteiger partial charge in [0, 0.05) is 5.56 Å². The maximum atomic E-state index is 12.5. The number of rotatable bonds is 9. The lowest BCUT2D eigenvalue weighted by Gasteiger charge is -2.24. The van der Waals surface area contributed by atoms with E-state index in [1.807, 2.05) is 44.2 Å². The number of carbonyl (C=O) groups is 1. The van der Waals surface area contributed by atoms with E-state index in [1.54, 1.807) is 24.3 Å². The van der Waals surface area contributed by atoms with Crippen molar-refractivity contribution in [3.05, 3.63) is 94.5 Å². The van der Waals surface area contributed by atoms with Gasteiger partial charge in [0.2, 0.25) is 10.0 Å². The van der Waals surface area contributed by atoms with Gasteiger partial charge in [-0.2, -0.15) is 0 Å². The van der Waals surface area contributed by atoms with Crippen molar-refractivity contribution in [2.24, 2.45) is 0 Å². The highest BCUT2D eigenvalue weighted by Crippen LogP contribution is 2.26. The Morgan fingerprint density at radius 3 is 2.14 bits per heavy atom. The van der Waals surface area contributed by atoms with E-state index in [9.17, 15) is 13.2 Å². The molecule has 0 aliphatic rings. The van der Waals surface area contributed by atoms with Crippen LogP contribution in [0, 0.1) is 13.8 Å². The van der Waals surface area contributed by atoms with E-state index in [4.69, 9.17) is 4.74 Å². The number of aryl methyl sites for hydroxylation is 2. The molecule has 7 heteroatoms. The van der Waals surface area contributed by atoms with Crippen molar-refractivity contribution in [1.29, 1.82) is 0 Å². The fourth-order valence-corrected chi connectivity index (χ4v) is 4.83. The fraction of sp³-hybridized carbons (Fsp3) is 0.345. The molecule has 0 radical (unpaired) electrons. The van der Waals surface area contributed by atoms with E-state index in [1.165, 1.54) is 16.1 Å². The second-order valence-electron chi connectivity index (χ2n) is 10.1. The molecule has 0 spiro atoms. The third-order valence-electron chi connectivity index (χ3n) is 5.94. The molecule has 0 unspecified atom stereocenters. The monoisotopic (exact) mass is 508 g/mol. The molecular formula is C29H36N2O4S. The molecule has 0 saturated carbocycles. The molecule has 3 rings (SSSR count). The smallest absolute Gasteiger partial charge is 0.251 e. The van der Waals surface area contributed by atoms with Gasteiger partial charge in [0.1, 0.15) is 12.4 Å². The molecule has 3 aromatic carbocycles. The van der Waals surface area contributed by atoms with Gasteiger partial charge in [-0.25, -0.2) is 8.42 Å². The zero-order valence-electron chi connectivity index (χ0n) is 22.0. The molecular weight excluding hydrogens is 472 g/mol. The van der Waals surface area contributed by atoms with Gasteiger partial charge in [0.25, 0.3) is 5.91 Å². The van der Waals surface area contributed by atoms with Gasteiger partial charge in [0.05, 0.1) is 25.0 Å². The highest BCUT2D eigenvalue weighted by molar-refractivity contribution is 7.92. The van der Waals surface area contributed by atoms with Gasteiger partial charge in [0.15, 0.2) is 0 Å². The van der Waals surface area contributed by atoms with Crippen molar-refractivity contribution in [2.75, 3.05) is 23.7 Å². The lowest BCUT2D eigenvalue weighted by Crippen LogP contribution is -2.30. The summed E-state index contributed by atoms with van der Waals surface area (Å²) < 4.78 is 32.1. The number of ether oxygens (including phenoxy) is 1. The number of amides is 1. The van der Waals surface area contributed by atoms with Gasteiger partial charge < -0.3 is 10.1 Å². The van der Waals surface area contributed by atoms with Gasteiger partial charge in [-0.3, -0.25) is 9.10 Å². The maximum Gasteiger partial charge on any atom is 0.251 e. The first-order chi connectivity index (χ1) is 16.8.